The molecule has 2 saturated heterocycles. The maximum Gasteiger partial charge on any atom is 0.264 e. The van der Waals surface area contributed by atoms with Gasteiger partial charge < -0.3 is 34.7 Å². The van der Waals surface area contributed by atoms with Crippen molar-refractivity contribution in [1.82, 2.24) is 9.88 Å². The number of anilines is 2. The van der Waals surface area contributed by atoms with Gasteiger partial charge in [0.15, 0.2) is 5.60 Å². The van der Waals surface area contributed by atoms with Gasteiger partial charge in [-0.3, -0.25) is 14.4 Å². The number of methoxy groups -OCH3 is 1. The molecule has 11 heteroatoms. The van der Waals surface area contributed by atoms with Crippen LogP contribution in [0.2, 0.25) is 18.6 Å². The third-order valence-corrected chi connectivity index (χ3v) is 17.0. The zero-order valence-corrected chi connectivity index (χ0v) is 33.5. The number of aliphatic hydroxyl groups excluding tert-OH is 1. The Bertz CT molecular complexity index is 2250. The molecule has 3 aliphatic heterocycles. The highest BCUT2D eigenvalue weighted by molar-refractivity contribution is 6.91. The average Bonchev–Trinajstić information content (AvgIpc) is 3.97. The molecular formula is C45H50N4O6Si. The molecule has 0 aliphatic carbocycles. The van der Waals surface area contributed by atoms with E-state index in [1.165, 1.54) is 5.19 Å². The van der Waals surface area contributed by atoms with Crippen LogP contribution in [0.3, 0.4) is 0 Å². The highest BCUT2D eigenvalue weighted by Gasteiger charge is 2.66. The van der Waals surface area contributed by atoms with E-state index in [2.05, 4.69) is 42.5 Å². The Hall–Kier alpha value is -5.23. The number of carbonyl (C=O) groups is 3. The van der Waals surface area contributed by atoms with Gasteiger partial charge in [0, 0.05) is 40.8 Å². The van der Waals surface area contributed by atoms with E-state index < -0.39 is 19.8 Å². The van der Waals surface area contributed by atoms with E-state index >= 15 is 4.79 Å². The Kier molecular flexibility index (Phi) is 10.1. The number of fused-ring (bicyclic) bond motifs is 3. The number of aromatic amines is 1. The van der Waals surface area contributed by atoms with Crippen LogP contribution in [0.1, 0.15) is 42.9 Å². The molecule has 3 amide bonds. The van der Waals surface area contributed by atoms with Crippen LogP contribution >= 0.6 is 0 Å². The number of nitrogens with zero attached hydrogens (tertiary/aromatic N) is 2. The maximum atomic E-state index is 15.1. The Morgan fingerprint density at radius 1 is 1.00 bits per heavy atom. The summed E-state index contributed by atoms with van der Waals surface area (Å²) in [7, 11) is -0.787. The average molecular weight is 771 g/mol. The number of aliphatic hydroxyl groups is 1. The van der Waals surface area contributed by atoms with Gasteiger partial charge in [-0.15, -0.1) is 0 Å². The molecule has 1 aromatic heterocycles. The van der Waals surface area contributed by atoms with E-state index in [1.807, 2.05) is 101 Å². The predicted molar refractivity (Wildman–Crippen MR) is 221 cm³/mol. The molecule has 5 atom stereocenters. The number of carbonyl (C=O) groups excluding carboxylic acids is 3. The van der Waals surface area contributed by atoms with Crippen LogP contribution < -0.4 is 20.1 Å². The van der Waals surface area contributed by atoms with Gasteiger partial charge >= 0.3 is 0 Å². The summed E-state index contributed by atoms with van der Waals surface area (Å²) < 4.78 is 12.7. The number of benzene rings is 4. The number of nitrogens with one attached hydrogen (secondary N) is 2. The first kappa shape index (κ1) is 37.7. The summed E-state index contributed by atoms with van der Waals surface area (Å²) in [6.07, 6.45) is 3.40. The number of aromatic nitrogens is 1. The molecule has 3 aliphatic rings. The van der Waals surface area contributed by atoms with Crippen LogP contribution in [0.4, 0.5) is 11.4 Å². The Morgan fingerprint density at radius 3 is 2.48 bits per heavy atom. The molecule has 0 unspecified atom stereocenters. The number of H-pyrrole nitrogens is 1. The largest absolute Gasteiger partial charge is 0.497 e. The van der Waals surface area contributed by atoms with Crippen molar-refractivity contribution in [3.63, 3.8) is 0 Å². The third-order valence-electron chi connectivity index (χ3n) is 12.6. The van der Waals surface area contributed by atoms with Gasteiger partial charge in [0.25, 0.3) is 5.91 Å². The molecule has 290 valence electrons. The Balaban J connectivity index is 1.06. The molecule has 0 radical (unpaired) electrons. The zero-order valence-electron chi connectivity index (χ0n) is 32.5. The zero-order chi connectivity index (χ0) is 39.2. The van der Waals surface area contributed by atoms with Gasteiger partial charge in [-0.1, -0.05) is 85.9 Å². The first-order valence-electron chi connectivity index (χ1n) is 19.6. The molecule has 4 heterocycles. The highest BCUT2D eigenvalue weighted by atomic mass is 28.3. The monoisotopic (exact) mass is 770 g/mol. The van der Waals surface area contributed by atoms with Gasteiger partial charge in [-0.05, 0) is 65.9 Å². The fraction of sp³-hybridized carbons (Fsp3) is 0.356. The van der Waals surface area contributed by atoms with Crippen molar-refractivity contribution in [1.29, 1.82) is 0 Å². The van der Waals surface area contributed by atoms with Gasteiger partial charge in [-0.2, -0.15) is 0 Å². The van der Waals surface area contributed by atoms with E-state index in [-0.39, 0.29) is 54.7 Å². The molecule has 2 fully saturated rings. The number of likely N-dealkylation sites (tertiary alicyclic amines) is 1. The molecule has 56 heavy (non-hydrogen) atoms. The van der Waals surface area contributed by atoms with Gasteiger partial charge in [0.1, 0.15) is 5.75 Å². The topological polar surface area (TPSA) is 124 Å². The molecule has 0 saturated carbocycles. The van der Waals surface area contributed by atoms with Crippen molar-refractivity contribution in [3.05, 3.63) is 120 Å². The van der Waals surface area contributed by atoms with Crippen LogP contribution in [0.25, 0.3) is 10.9 Å². The second-order valence-electron chi connectivity index (χ2n) is 16.1. The van der Waals surface area contributed by atoms with Crippen molar-refractivity contribution in [2.45, 2.75) is 75.5 Å². The van der Waals surface area contributed by atoms with Crippen molar-refractivity contribution in [3.8, 4) is 5.75 Å². The standard InChI is InChI=1S/C45H50N4O6Si/c1-29-43(56(3,4)35-21-19-34(54-2)20-22-35)40(25-42(52)48-23-9-10-33(48)28-50)55-45(29)37-12-6-8-14-39(37)49(44(45)53)27-30-15-17-32(18-16-30)47-41(51)24-31-26-46-38-13-7-5-11-36(31)38/h5-8,11-22,26,29,33,40,43,46,50H,9-10,23-25,27-28H2,1-4H3,(H,47,51)/t29-,33-,40+,43-,45+/m0/s1. The van der Waals surface area contributed by atoms with E-state index in [1.54, 1.807) is 7.11 Å². The second-order valence-corrected chi connectivity index (χ2v) is 20.8. The summed E-state index contributed by atoms with van der Waals surface area (Å²) in [5.41, 5.74) is 3.79. The van der Waals surface area contributed by atoms with Gasteiger partial charge in [-0.25, -0.2) is 0 Å². The summed E-state index contributed by atoms with van der Waals surface area (Å²) in [6, 6.07) is 31.5. The summed E-state index contributed by atoms with van der Waals surface area (Å²) in [4.78, 5) is 49.1. The fourth-order valence-corrected chi connectivity index (χ4v) is 13.8. The minimum Gasteiger partial charge on any atom is -0.497 e. The van der Waals surface area contributed by atoms with Crippen LogP contribution in [-0.2, 0) is 37.7 Å². The minimum absolute atomic E-state index is 0.0375. The van der Waals surface area contributed by atoms with Crippen molar-refractivity contribution in [2.24, 2.45) is 5.92 Å². The lowest BCUT2D eigenvalue weighted by molar-refractivity contribution is -0.150. The number of para-hydroxylation sites is 2. The number of ether oxygens (including phenoxy) is 2. The molecule has 8 rings (SSSR count). The van der Waals surface area contributed by atoms with E-state index in [0.29, 0.717) is 18.8 Å². The normalized spacial score (nSPS) is 23.3. The molecule has 5 aromatic rings. The van der Waals surface area contributed by atoms with Crippen molar-refractivity contribution < 1.29 is 29.0 Å². The van der Waals surface area contributed by atoms with Crippen molar-refractivity contribution in [2.75, 3.05) is 30.5 Å². The summed E-state index contributed by atoms with van der Waals surface area (Å²) in [6.45, 7) is 7.62. The van der Waals surface area contributed by atoms with Crippen LogP contribution in [0, 0.1) is 5.92 Å². The summed E-state index contributed by atoms with van der Waals surface area (Å²) in [5, 5.41) is 15.3. The maximum absolute atomic E-state index is 15.1. The number of amides is 3. The molecular weight excluding hydrogens is 721 g/mol. The minimum atomic E-state index is -2.44. The third kappa shape index (κ3) is 6.51. The molecule has 1 spiro atoms. The smallest absolute Gasteiger partial charge is 0.264 e. The number of rotatable bonds is 11. The van der Waals surface area contributed by atoms with E-state index in [0.717, 1.165) is 51.9 Å². The van der Waals surface area contributed by atoms with Gasteiger partial charge in [0.2, 0.25) is 11.8 Å². The van der Waals surface area contributed by atoms with E-state index in [4.69, 9.17) is 9.47 Å². The molecule has 0 bridgehead atoms. The lowest BCUT2D eigenvalue weighted by Crippen LogP contribution is -2.52. The lowest BCUT2D eigenvalue weighted by atomic mass is 9.82. The molecule has 10 nitrogen and oxygen atoms in total. The highest BCUT2D eigenvalue weighted by Crippen LogP contribution is 2.60. The van der Waals surface area contributed by atoms with Crippen LogP contribution in [0.15, 0.2) is 103 Å². The van der Waals surface area contributed by atoms with Gasteiger partial charge in [0.05, 0.1) is 59.0 Å². The fourth-order valence-electron chi connectivity index (χ4n) is 9.80. The second kappa shape index (κ2) is 15.0. The predicted octanol–water partition coefficient (Wildman–Crippen LogP) is 6.49. The quantitative estimate of drug-likeness (QED) is 0.132. The SMILES string of the molecule is COc1ccc([Si](C)(C)[C@@H]2[C@@H](CC(=O)N3CCC[C@H]3CO)O[C@]3(C(=O)N(Cc4ccc(NC(=O)Cc5c[nH]c6ccccc56)cc4)c4ccccc43)[C@H]2C)cc1. The number of hydrogen-bond acceptors (Lipinski definition) is 6. The Morgan fingerprint density at radius 2 is 1.73 bits per heavy atom. The van der Waals surface area contributed by atoms with Crippen LogP contribution in [0.5, 0.6) is 5.75 Å². The Labute approximate surface area is 328 Å². The lowest BCUT2D eigenvalue weighted by Gasteiger charge is -2.37. The summed E-state index contributed by atoms with van der Waals surface area (Å²) >= 11 is 0. The molecule has 4 aromatic carbocycles. The van der Waals surface area contributed by atoms with Crippen molar-refractivity contribution >= 4 is 53.3 Å². The molecule has 3 N–H and O–H groups in total. The first-order valence-corrected chi connectivity index (χ1v) is 22.7. The number of hydrogen-bond donors (Lipinski definition) is 3. The van der Waals surface area contributed by atoms with Crippen LogP contribution in [-0.4, -0.2) is 73.2 Å². The van der Waals surface area contributed by atoms with E-state index in [9.17, 15) is 14.7 Å². The first-order chi connectivity index (χ1) is 27.0. The summed E-state index contributed by atoms with van der Waals surface area (Å²) in [5.74, 6) is 0.254.